The fourth-order valence-corrected chi connectivity index (χ4v) is 2.16. The Morgan fingerprint density at radius 1 is 1.20 bits per heavy atom. The molecule has 0 aliphatic rings. The van der Waals surface area contributed by atoms with Crippen molar-refractivity contribution in [1.82, 2.24) is 0 Å². The van der Waals surface area contributed by atoms with E-state index in [1.54, 1.807) is 0 Å². The maximum absolute atomic E-state index is 12.4. The molecule has 0 heterocycles. The predicted octanol–water partition coefficient (Wildman–Crippen LogP) is 2.65. The lowest BCUT2D eigenvalue weighted by Crippen LogP contribution is -2.20. The summed E-state index contributed by atoms with van der Waals surface area (Å²) in [6, 6.07) is 9.52. The van der Waals surface area contributed by atoms with Crippen LogP contribution in [0.25, 0.3) is 0 Å². The van der Waals surface area contributed by atoms with Crippen molar-refractivity contribution in [1.29, 1.82) is 0 Å². The first kappa shape index (κ1) is 12.2. The third-order valence-corrected chi connectivity index (χ3v) is 3.22. The zero-order valence-corrected chi connectivity index (χ0v) is 9.72. The molecule has 0 atom stereocenters. The Morgan fingerprint density at radius 3 is 2.20 bits per heavy atom. The molecule has 1 aromatic carbocycles. The molecule has 0 N–H and O–H groups in total. The van der Waals surface area contributed by atoms with Crippen LogP contribution in [0, 0.1) is 0 Å². The van der Waals surface area contributed by atoms with Crippen molar-refractivity contribution < 1.29 is 12.3 Å². The third kappa shape index (κ3) is 4.00. The number of hydrogen-bond acceptors (Lipinski definition) is 2. The zero-order valence-electron chi connectivity index (χ0n) is 8.90. The minimum Gasteiger partial charge on any atom is -0.195 e. The highest BCUT2D eigenvalue weighted by Gasteiger charge is 2.23. The number of rotatable bonds is 4. The second kappa shape index (κ2) is 4.31. The first-order valence-corrected chi connectivity index (χ1v) is 6.34. The van der Waals surface area contributed by atoms with Gasteiger partial charge in [-0.2, -0.15) is 8.42 Å². The van der Waals surface area contributed by atoms with Crippen LogP contribution >= 0.6 is 0 Å². The summed E-state index contributed by atoms with van der Waals surface area (Å²) in [5.74, 6) is -0.422. The molecule has 1 aromatic rings. The van der Waals surface area contributed by atoms with Crippen molar-refractivity contribution in [3.8, 4) is 0 Å². The maximum atomic E-state index is 12.4. The lowest BCUT2D eigenvalue weighted by Gasteiger charge is -2.24. The SMILES string of the molecule is CC(C)(CCS(=O)(=O)F)c1ccccc1. The van der Waals surface area contributed by atoms with Crippen LogP contribution in [0.15, 0.2) is 30.3 Å². The summed E-state index contributed by atoms with van der Waals surface area (Å²) in [5, 5.41) is 0. The Bertz CT molecular complexity index is 409. The summed E-state index contributed by atoms with van der Waals surface area (Å²) in [4.78, 5) is 0. The number of halogens is 1. The van der Waals surface area contributed by atoms with Gasteiger partial charge in [0.05, 0.1) is 5.75 Å². The monoisotopic (exact) mass is 230 g/mol. The van der Waals surface area contributed by atoms with Crippen LogP contribution in [0.4, 0.5) is 3.89 Å². The fraction of sp³-hybridized carbons (Fsp3) is 0.455. The van der Waals surface area contributed by atoms with Gasteiger partial charge < -0.3 is 0 Å². The number of hydrogen-bond donors (Lipinski definition) is 0. The predicted molar refractivity (Wildman–Crippen MR) is 59.0 cm³/mol. The lowest BCUT2D eigenvalue weighted by atomic mass is 9.82. The smallest absolute Gasteiger partial charge is 0.195 e. The molecule has 0 unspecified atom stereocenters. The summed E-state index contributed by atoms with van der Waals surface area (Å²) in [6.07, 6.45) is 0.288. The van der Waals surface area contributed by atoms with Crippen LogP contribution in [-0.2, 0) is 15.6 Å². The average Bonchev–Trinajstić information content (AvgIpc) is 2.16. The van der Waals surface area contributed by atoms with Crippen LogP contribution < -0.4 is 0 Å². The Kier molecular flexibility index (Phi) is 3.50. The second-order valence-corrected chi connectivity index (χ2v) is 5.73. The van der Waals surface area contributed by atoms with E-state index in [1.807, 2.05) is 44.2 Å². The van der Waals surface area contributed by atoms with Gasteiger partial charge in [-0.3, -0.25) is 0 Å². The van der Waals surface area contributed by atoms with E-state index in [4.69, 9.17) is 0 Å². The van der Waals surface area contributed by atoms with E-state index in [0.29, 0.717) is 0 Å². The normalized spacial score (nSPS) is 12.7. The fourth-order valence-electron chi connectivity index (χ4n) is 1.41. The van der Waals surface area contributed by atoms with E-state index in [2.05, 4.69) is 0 Å². The molecule has 0 radical (unpaired) electrons. The van der Waals surface area contributed by atoms with Crippen LogP contribution in [0.3, 0.4) is 0 Å². The molecule has 1 rings (SSSR count). The topological polar surface area (TPSA) is 34.1 Å². The summed E-state index contributed by atoms with van der Waals surface area (Å²) >= 11 is 0. The van der Waals surface area contributed by atoms with Gasteiger partial charge in [-0.05, 0) is 17.4 Å². The molecule has 0 aromatic heterocycles. The molecule has 0 aliphatic carbocycles. The maximum Gasteiger partial charge on any atom is 0.302 e. The van der Waals surface area contributed by atoms with E-state index in [9.17, 15) is 12.3 Å². The van der Waals surface area contributed by atoms with Gasteiger partial charge in [0.15, 0.2) is 0 Å². The van der Waals surface area contributed by atoms with Crippen LogP contribution in [0.1, 0.15) is 25.8 Å². The van der Waals surface area contributed by atoms with Crippen LogP contribution in [-0.4, -0.2) is 14.2 Å². The van der Waals surface area contributed by atoms with Crippen LogP contribution in [0.5, 0.6) is 0 Å². The molecule has 0 amide bonds. The minimum atomic E-state index is -4.37. The van der Waals surface area contributed by atoms with Crippen LogP contribution in [0.2, 0.25) is 0 Å². The molecular formula is C11H15FO2S. The summed E-state index contributed by atoms with van der Waals surface area (Å²) in [7, 11) is -4.37. The second-order valence-electron chi connectivity index (χ2n) is 4.24. The van der Waals surface area contributed by atoms with Crippen molar-refractivity contribution in [3.05, 3.63) is 35.9 Å². The molecule has 0 bridgehead atoms. The Labute approximate surface area is 90.3 Å². The zero-order chi connectivity index (χ0) is 11.5. The van der Waals surface area contributed by atoms with Gasteiger partial charge in [-0.25, -0.2) is 0 Å². The quantitative estimate of drug-likeness (QED) is 0.745. The van der Waals surface area contributed by atoms with Gasteiger partial charge in [0.1, 0.15) is 0 Å². The molecule has 4 heteroatoms. The standard InChI is InChI=1S/C11H15FO2S/c1-11(2,8-9-15(12,13)14)10-6-4-3-5-7-10/h3-7H,8-9H2,1-2H3. The molecule has 0 fully saturated rings. The summed E-state index contributed by atoms with van der Waals surface area (Å²) in [5.41, 5.74) is 0.703. The van der Waals surface area contributed by atoms with Crippen molar-refractivity contribution in [3.63, 3.8) is 0 Å². The molecule has 0 saturated carbocycles. The summed E-state index contributed by atoms with van der Waals surface area (Å²) in [6.45, 7) is 3.82. The lowest BCUT2D eigenvalue weighted by molar-refractivity contribution is 0.488. The molecule has 84 valence electrons. The van der Waals surface area contributed by atoms with E-state index in [0.717, 1.165) is 5.56 Å². The van der Waals surface area contributed by atoms with Crippen molar-refractivity contribution in [2.75, 3.05) is 5.75 Å². The third-order valence-electron chi connectivity index (χ3n) is 2.53. The van der Waals surface area contributed by atoms with Gasteiger partial charge in [-0.15, -0.1) is 3.89 Å². The van der Waals surface area contributed by atoms with Gasteiger partial charge in [0, 0.05) is 0 Å². The molecule has 0 saturated heterocycles. The van der Waals surface area contributed by atoms with Gasteiger partial charge >= 0.3 is 10.2 Å². The number of benzene rings is 1. The highest BCUT2D eigenvalue weighted by atomic mass is 32.3. The molecular weight excluding hydrogens is 215 g/mol. The molecule has 15 heavy (non-hydrogen) atoms. The minimum absolute atomic E-state index is 0.288. The summed E-state index contributed by atoms with van der Waals surface area (Å²) < 4.78 is 33.3. The molecule has 0 aliphatic heterocycles. The van der Waals surface area contributed by atoms with Gasteiger partial charge in [0.2, 0.25) is 0 Å². The average molecular weight is 230 g/mol. The van der Waals surface area contributed by atoms with Gasteiger partial charge in [0.25, 0.3) is 0 Å². The van der Waals surface area contributed by atoms with Gasteiger partial charge in [-0.1, -0.05) is 44.2 Å². The van der Waals surface area contributed by atoms with E-state index in [-0.39, 0.29) is 11.8 Å². The van der Waals surface area contributed by atoms with E-state index < -0.39 is 16.0 Å². The molecule has 2 nitrogen and oxygen atoms in total. The van der Waals surface area contributed by atoms with Crippen molar-refractivity contribution >= 4 is 10.2 Å². The Morgan fingerprint density at radius 2 is 1.73 bits per heavy atom. The highest BCUT2D eigenvalue weighted by molar-refractivity contribution is 7.86. The Hall–Kier alpha value is -0.900. The van der Waals surface area contributed by atoms with Crippen molar-refractivity contribution in [2.24, 2.45) is 0 Å². The highest BCUT2D eigenvalue weighted by Crippen LogP contribution is 2.27. The van der Waals surface area contributed by atoms with E-state index in [1.165, 1.54) is 0 Å². The first-order chi connectivity index (χ1) is 6.81. The molecule has 0 spiro atoms. The Balaban J connectivity index is 2.76. The largest absolute Gasteiger partial charge is 0.302 e. The van der Waals surface area contributed by atoms with Crippen molar-refractivity contribution in [2.45, 2.75) is 25.7 Å². The first-order valence-electron chi connectivity index (χ1n) is 4.79. The van der Waals surface area contributed by atoms with E-state index >= 15 is 0 Å².